The minimum atomic E-state index is -4.69. The van der Waals surface area contributed by atoms with Crippen LogP contribution in [0, 0.1) is 0 Å². The molecule has 0 saturated heterocycles. The van der Waals surface area contributed by atoms with Crippen LogP contribution in [0.4, 0.5) is 5.69 Å². The molecule has 0 amide bonds. The molecule has 1 heterocycles. The maximum Gasteiger partial charge on any atom is 0.296 e. The van der Waals surface area contributed by atoms with Gasteiger partial charge in [0.05, 0.1) is 36.7 Å². The third kappa shape index (κ3) is 4.36. The van der Waals surface area contributed by atoms with Gasteiger partial charge in [-0.1, -0.05) is 19.1 Å². The van der Waals surface area contributed by atoms with E-state index in [4.69, 9.17) is 0 Å². The van der Waals surface area contributed by atoms with Crippen molar-refractivity contribution in [3.05, 3.63) is 65.5 Å². The summed E-state index contributed by atoms with van der Waals surface area (Å²) >= 11 is 1.49. The first-order valence-electron chi connectivity index (χ1n) is 9.02. The highest BCUT2D eigenvalue weighted by atomic mass is 32.2. The molecule has 2 N–H and O–H groups in total. The first-order chi connectivity index (χ1) is 14.6. The highest BCUT2D eigenvalue weighted by Crippen LogP contribution is 2.31. The molecule has 0 radical (unpaired) electrons. The Morgan fingerprint density at radius 1 is 0.968 bits per heavy atom. The van der Waals surface area contributed by atoms with Crippen LogP contribution in [-0.2, 0) is 26.7 Å². The predicted molar refractivity (Wildman–Crippen MR) is 117 cm³/mol. The van der Waals surface area contributed by atoms with Crippen molar-refractivity contribution in [3.8, 4) is 10.6 Å². The fourth-order valence-electron chi connectivity index (χ4n) is 3.13. The van der Waals surface area contributed by atoms with Crippen molar-refractivity contribution in [1.29, 1.82) is 0 Å². The third-order valence-electron chi connectivity index (χ3n) is 4.61. The molecule has 2 aromatic rings. The average molecular weight is 477 g/mol. The van der Waals surface area contributed by atoms with Crippen LogP contribution in [-0.4, -0.2) is 30.9 Å². The molecule has 1 aliphatic heterocycles. The number of para-hydroxylation sites is 1. The number of aryl methyl sites for hydroxylation is 1. The fraction of sp³-hybridized carbons (Fsp3) is 0.100. The summed E-state index contributed by atoms with van der Waals surface area (Å²) < 4.78 is 66.5. The second-order valence-electron chi connectivity index (χ2n) is 6.68. The van der Waals surface area contributed by atoms with Crippen molar-refractivity contribution in [2.45, 2.75) is 23.1 Å². The zero-order chi connectivity index (χ0) is 22.4. The Labute approximate surface area is 182 Å². The van der Waals surface area contributed by atoms with Crippen molar-refractivity contribution in [3.63, 3.8) is 0 Å². The number of fused-ring (bicyclic) bond motifs is 2. The second-order valence-corrected chi connectivity index (χ2v) is 10.6. The smallest absolute Gasteiger partial charge is 0.282 e. The minimum Gasteiger partial charge on any atom is -0.282 e. The van der Waals surface area contributed by atoms with Crippen LogP contribution >= 0.6 is 11.3 Å². The van der Waals surface area contributed by atoms with Crippen molar-refractivity contribution in [2.75, 3.05) is 0 Å². The molecule has 0 atom stereocenters. The molecule has 160 valence electrons. The van der Waals surface area contributed by atoms with Gasteiger partial charge in [-0.05, 0) is 54.4 Å². The lowest BCUT2D eigenvalue weighted by atomic mass is 10.1. The molecule has 11 heteroatoms. The molecular formula is C20H16N2O6S3. The van der Waals surface area contributed by atoms with Crippen LogP contribution in [0.3, 0.4) is 0 Å². The van der Waals surface area contributed by atoms with Gasteiger partial charge in [0.1, 0.15) is 4.90 Å². The Bertz CT molecular complexity index is 1570. The SMILES string of the molecule is CCc1cc2nc3ccccc3sc-2cc1=Nc1cc(S(=O)(=O)O)ccc1S(=O)(=O)O. The lowest BCUT2D eigenvalue weighted by molar-refractivity contribution is 0.478. The van der Waals surface area contributed by atoms with E-state index in [2.05, 4.69) is 9.98 Å². The largest absolute Gasteiger partial charge is 0.296 e. The summed E-state index contributed by atoms with van der Waals surface area (Å²) in [6.07, 6.45) is 0.549. The monoisotopic (exact) mass is 476 g/mol. The van der Waals surface area contributed by atoms with Gasteiger partial charge in [-0.25, -0.2) is 9.98 Å². The molecular weight excluding hydrogens is 460 g/mol. The van der Waals surface area contributed by atoms with Gasteiger partial charge < -0.3 is 0 Å². The second kappa shape index (κ2) is 7.77. The summed E-state index contributed by atoms with van der Waals surface area (Å²) in [5, 5.41) is 0.403. The number of hydrogen-bond donors (Lipinski definition) is 2. The Balaban J connectivity index is 2.05. The highest BCUT2D eigenvalue weighted by Gasteiger charge is 2.20. The summed E-state index contributed by atoms with van der Waals surface area (Å²) in [7, 11) is -9.29. The quantitative estimate of drug-likeness (QED) is 0.339. The first-order valence-corrected chi connectivity index (χ1v) is 12.7. The van der Waals surface area contributed by atoms with Crippen LogP contribution < -0.4 is 5.36 Å². The van der Waals surface area contributed by atoms with Gasteiger partial charge in [0, 0.05) is 0 Å². The Kier molecular flexibility index (Phi) is 5.40. The predicted octanol–water partition coefficient (Wildman–Crippen LogP) is 3.69. The van der Waals surface area contributed by atoms with Crippen LogP contribution in [0.5, 0.6) is 0 Å². The molecule has 0 spiro atoms. The molecule has 8 nitrogen and oxygen atoms in total. The Hall–Kier alpha value is -2.70. The normalized spacial score (nSPS) is 13.2. The lowest BCUT2D eigenvalue weighted by Gasteiger charge is -2.10. The van der Waals surface area contributed by atoms with Gasteiger partial charge in [-0.3, -0.25) is 9.11 Å². The summed E-state index contributed by atoms with van der Waals surface area (Å²) in [5.74, 6) is 0. The van der Waals surface area contributed by atoms with Gasteiger partial charge in [0.25, 0.3) is 20.2 Å². The van der Waals surface area contributed by atoms with E-state index < -0.39 is 30.0 Å². The standard InChI is InChI=1S/C20H16N2O6S3/c1-2-12-9-16-19(29-18-6-4-3-5-14(18)21-16)11-15(12)22-17-10-13(30(23,24)25)7-8-20(17)31(26,27)28/h3-11H,2H2,1H3,(H,23,24,25)(H,26,27,28). The molecule has 0 fully saturated rings. The van der Waals surface area contributed by atoms with Crippen LogP contribution in [0.2, 0.25) is 0 Å². The molecule has 0 unspecified atom stereocenters. The van der Waals surface area contributed by atoms with Crippen LogP contribution in [0.25, 0.3) is 20.8 Å². The first kappa shape index (κ1) is 21.5. The summed E-state index contributed by atoms with van der Waals surface area (Å²) in [4.78, 5) is 8.70. The number of aromatic nitrogens is 1. The van der Waals surface area contributed by atoms with Gasteiger partial charge in [0.2, 0.25) is 0 Å². The molecule has 2 aromatic carbocycles. The number of nitrogens with zero attached hydrogens (tertiary/aromatic N) is 2. The van der Waals surface area contributed by atoms with Crippen LogP contribution in [0.15, 0.2) is 69.4 Å². The van der Waals surface area contributed by atoms with Gasteiger partial charge in [-0.15, -0.1) is 11.3 Å². The maximum absolute atomic E-state index is 11.8. The van der Waals surface area contributed by atoms with E-state index in [9.17, 15) is 25.9 Å². The van der Waals surface area contributed by atoms with E-state index in [0.29, 0.717) is 11.8 Å². The molecule has 0 saturated carbocycles. The molecule has 31 heavy (non-hydrogen) atoms. The molecule has 2 aliphatic rings. The van der Waals surface area contributed by atoms with E-state index in [-0.39, 0.29) is 5.69 Å². The Morgan fingerprint density at radius 3 is 2.39 bits per heavy atom. The van der Waals surface area contributed by atoms with Crippen LogP contribution in [0.1, 0.15) is 12.5 Å². The number of hydrogen-bond acceptors (Lipinski definition) is 7. The average Bonchev–Trinajstić information content (AvgIpc) is 2.70. The zero-order valence-electron chi connectivity index (χ0n) is 16.0. The fourth-order valence-corrected chi connectivity index (χ4v) is 5.23. The summed E-state index contributed by atoms with van der Waals surface area (Å²) in [6.45, 7) is 1.89. The summed E-state index contributed by atoms with van der Waals surface area (Å²) in [5.41, 5.74) is 2.05. The van der Waals surface area contributed by atoms with E-state index in [1.807, 2.05) is 37.3 Å². The van der Waals surface area contributed by atoms with E-state index in [1.54, 1.807) is 6.07 Å². The number of rotatable bonds is 4. The van der Waals surface area contributed by atoms with Crippen molar-refractivity contribution >= 4 is 47.5 Å². The van der Waals surface area contributed by atoms with Crippen molar-refractivity contribution in [2.24, 2.45) is 4.99 Å². The molecule has 0 aromatic heterocycles. The highest BCUT2D eigenvalue weighted by molar-refractivity contribution is 7.86. The van der Waals surface area contributed by atoms with Gasteiger partial charge in [-0.2, -0.15) is 16.8 Å². The minimum absolute atomic E-state index is 0.301. The third-order valence-corrected chi connectivity index (χ3v) is 7.48. The molecule has 0 bridgehead atoms. The number of benzene rings is 3. The molecule has 1 aliphatic carbocycles. The van der Waals surface area contributed by atoms with Crippen molar-refractivity contribution < 1.29 is 25.9 Å². The van der Waals surface area contributed by atoms with Gasteiger partial charge >= 0.3 is 0 Å². The topological polar surface area (TPSA) is 134 Å². The van der Waals surface area contributed by atoms with E-state index in [0.717, 1.165) is 44.6 Å². The lowest BCUT2D eigenvalue weighted by Crippen LogP contribution is -2.11. The maximum atomic E-state index is 11.8. The zero-order valence-corrected chi connectivity index (χ0v) is 18.5. The van der Waals surface area contributed by atoms with E-state index >= 15 is 0 Å². The summed E-state index contributed by atoms with van der Waals surface area (Å²) in [6, 6.07) is 13.9. The Morgan fingerprint density at radius 2 is 1.71 bits per heavy atom. The van der Waals surface area contributed by atoms with Gasteiger partial charge in [0.15, 0.2) is 0 Å². The molecule has 4 rings (SSSR count). The van der Waals surface area contributed by atoms with E-state index in [1.165, 1.54) is 11.3 Å². The van der Waals surface area contributed by atoms with Crippen molar-refractivity contribution in [1.82, 2.24) is 4.98 Å².